The Morgan fingerprint density at radius 1 is 1.17 bits per heavy atom. The highest BCUT2D eigenvalue weighted by atomic mass is 35.5. The minimum Gasteiger partial charge on any atom is -0.353 e. The number of rotatable bonds is 8. The van der Waals surface area contributed by atoms with Crippen LogP contribution < -0.4 is 25.8 Å². The number of allylic oxidation sites excluding steroid dienone is 1. The number of thiazole rings is 1. The Morgan fingerprint density at radius 2 is 1.98 bits per heavy atom. The van der Waals surface area contributed by atoms with Gasteiger partial charge < -0.3 is 25.8 Å². The molecule has 2 fully saturated rings. The summed E-state index contributed by atoms with van der Waals surface area (Å²) in [5.41, 5.74) is 3.83. The number of hydrogen-bond acceptors (Lipinski definition) is 10. The van der Waals surface area contributed by atoms with Gasteiger partial charge in [-0.2, -0.15) is 5.26 Å². The summed E-state index contributed by atoms with van der Waals surface area (Å²) in [6.45, 7) is 5.11. The number of aromatic nitrogens is 3. The van der Waals surface area contributed by atoms with Crippen LogP contribution in [0.15, 0.2) is 59.9 Å². The van der Waals surface area contributed by atoms with E-state index in [1.54, 1.807) is 12.1 Å². The lowest BCUT2D eigenvalue weighted by Crippen LogP contribution is -2.59. The number of nitrogens with one attached hydrogen (secondary N) is 3. The van der Waals surface area contributed by atoms with Crippen LogP contribution in [0.1, 0.15) is 23.9 Å². The molecule has 3 unspecified atom stereocenters. The van der Waals surface area contributed by atoms with Gasteiger partial charge in [-0.15, -0.1) is 12.4 Å². The lowest BCUT2D eigenvalue weighted by atomic mass is 9.88. The van der Waals surface area contributed by atoms with E-state index in [9.17, 15) is 14.4 Å². The lowest BCUT2D eigenvalue weighted by Gasteiger charge is -2.42. The number of piperidine rings is 1. The van der Waals surface area contributed by atoms with Gasteiger partial charge in [0.2, 0.25) is 5.91 Å². The maximum absolute atomic E-state index is 13.6. The monoisotopic (exact) mass is 674 g/mol. The maximum Gasteiger partial charge on any atom is 0.225 e. The summed E-state index contributed by atoms with van der Waals surface area (Å²) >= 11 is 1.29. The highest BCUT2D eigenvalue weighted by Crippen LogP contribution is 2.38. The SMILES string of the molecule is CCc1nc2ccc(N3C=CC=NC3C3CNCCC3NC(=O)C3CNC3)cn2c1N(C)c1nc(-c2ccc(F)cc2)c(C#N)s1.Cl. The quantitative estimate of drug-likeness (QED) is 0.253. The molecular formula is C33H36ClFN10OS. The topological polar surface area (TPSA) is 126 Å². The summed E-state index contributed by atoms with van der Waals surface area (Å²) < 4.78 is 15.7. The number of carbonyl (C=O) groups excluding carboxylic acids is 1. The van der Waals surface area contributed by atoms with Crippen molar-refractivity contribution in [3.05, 3.63) is 71.3 Å². The molecule has 244 valence electrons. The molecule has 6 heterocycles. The Labute approximate surface area is 282 Å². The second-order valence-corrected chi connectivity index (χ2v) is 12.8. The molecule has 0 radical (unpaired) electrons. The summed E-state index contributed by atoms with van der Waals surface area (Å²) in [4.78, 5) is 32.2. The van der Waals surface area contributed by atoms with Gasteiger partial charge in [-0.3, -0.25) is 14.2 Å². The molecule has 3 aromatic heterocycles. The van der Waals surface area contributed by atoms with E-state index in [4.69, 9.17) is 15.0 Å². The Bertz CT molecular complexity index is 1860. The van der Waals surface area contributed by atoms with E-state index in [1.165, 1.54) is 23.5 Å². The first-order chi connectivity index (χ1) is 22.4. The Morgan fingerprint density at radius 3 is 2.70 bits per heavy atom. The molecule has 3 atom stereocenters. The molecule has 3 aliphatic heterocycles. The second-order valence-electron chi connectivity index (χ2n) is 11.8. The van der Waals surface area contributed by atoms with E-state index in [0.29, 0.717) is 27.7 Å². The number of fused-ring (bicyclic) bond motifs is 1. The van der Waals surface area contributed by atoms with Crippen LogP contribution in [0.3, 0.4) is 0 Å². The van der Waals surface area contributed by atoms with Crippen LogP contribution >= 0.6 is 23.7 Å². The molecule has 0 saturated carbocycles. The molecule has 4 aromatic rings. The molecule has 14 heteroatoms. The number of anilines is 3. The third kappa shape index (κ3) is 6.21. The highest BCUT2D eigenvalue weighted by Gasteiger charge is 2.38. The third-order valence-corrected chi connectivity index (χ3v) is 10.0. The molecule has 2 saturated heterocycles. The zero-order valence-electron chi connectivity index (χ0n) is 26.1. The first-order valence-corrected chi connectivity index (χ1v) is 16.4. The van der Waals surface area contributed by atoms with E-state index in [2.05, 4.69) is 50.5 Å². The molecule has 0 bridgehead atoms. The van der Waals surface area contributed by atoms with E-state index in [-0.39, 0.29) is 48.2 Å². The molecule has 47 heavy (non-hydrogen) atoms. The Hall–Kier alpha value is -4.35. The number of halogens is 2. The zero-order valence-corrected chi connectivity index (χ0v) is 27.7. The molecule has 1 aromatic carbocycles. The van der Waals surface area contributed by atoms with Crippen molar-refractivity contribution < 1.29 is 9.18 Å². The fourth-order valence-corrected chi connectivity index (χ4v) is 7.22. The van der Waals surface area contributed by atoms with Gasteiger partial charge in [-0.1, -0.05) is 18.3 Å². The smallest absolute Gasteiger partial charge is 0.225 e. The Kier molecular flexibility index (Phi) is 9.56. The fraction of sp³-hybridized carbons (Fsp3) is 0.364. The molecule has 11 nitrogen and oxygen atoms in total. The summed E-state index contributed by atoms with van der Waals surface area (Å²) in [5, 5.41) is 20.6. The zero-order chi connectivity index (χ0) is 31.8. The van der Waals surface area contributed by atoms with Crippen LogP contribution in [0.4, 0.5) is 21.0 Å². The van der Waals surface area contributed by atoms with Gasteiger partial charge in [0, 0.05) is 62.8 Å². The number of hydrogen-bond donors (Lipinski definition) is 3. The molecule has 3 N–H and O–H groups in total. The molecule has 3 aliphatic rings. The van der Waals surface area contributed by atoms with E-state index in [1.807, 2.05) is 36.5 Å². The van der Waals surface area contributed by atoms with Crippen LogP contribution in [0.5, 0.6) is 0 Å². The summed E-state index contributed by atoms with van der Waals surface area (Å²) in [7, 11) is 1.93. The predicted molar refractivity (Wildman–Crippen MR) is 185 cm³/mol. The van der Waals surface area contributed by atoms with Crippen LogP contribution in [0.2, 0.25) is 0 Å². The van der Waals surface area contributed by atoms with Gasteiger partial charge in [-0.25, -0.2) is 14.4 Å². The number of nitrogens with zero attached hydrogens (tertiary/aromatic N) is 7. The molecule has 1 amide bonds. The first kappa shape index (κ1) is 32.6. The third-order valence-electron chi connectivity index (χ3n) is 8.97. The van der Waals surface area contributed by atoms with E-state index < -0.39 is 0 Å². The minimum absolute atomic E-state index is 0. The average Bonchev–Trinajstić information content (AvgIpc) is 3.66. The first-order valence-electron chi connectivity index (χ1n) is 15.6. The number of amides is 1. The number of pyridine rings is 1. The van der Waals surface area contributed by atoms with Crippen molar-refractivity contribution in [2.24, 2.45) is 16.8 Å². The molecular weight excluding hydrogens is 639 g/mol. The van der Waals surface area contributed by atoms with Gasteiger partial charge in [0.25, 0.3) is 0 Å². The van der Waals surface area contributed by atoms with Crippen molar-refractivity contribution in [3.8, 4) is 17.3 Å². The predicted octanol–water partition coefficient (Wildman–Crippen LogP) is 4.26. The lowest BCUT2D eigenvalue weighted by molar-refractivity contribution is -0.127. The minimum atomic E-state index is -0.341. The van der Waals surface area contributed by atoms with Crippen molar-refractivity contribution in [1.29, 1.82) is 5.26 Å². The number of benzene rings is 1. The van der Waals surface area contributed by atoms with Crippen LogP contribution in [0.25, 0.3) is 16.9 Å². The summed E-state index contributed by atoms with van der Waals surface area (Å²) in [5.74, 6) is 0.710. The van der Waals surface area contributed by atoms with Gasteiger partial charge >= 0.3 is 0 Å². The molecule has 0 aliphatic carbocycles. The van der Waals surface area contributed by atoms with Crippen molar-refractivity contribution in [2.45, 2.75) is 32.0 Å². The van der Waals surface area contributed by atoms with Crippen molar-refractivity contribution in [3.63, 3.8) is 0 Å². The van der Waals surface area contributed by atoms with Crippen molar-refractivity contribution in [1.82, 2.24) is 30.3 Å². The number of carbonyl (C=O) groups is 1. The van der Waals surface area contributed by atoms with Crippen LogP contribution in [-0.2, 0) is 11.2 Å². The average molecular weight is 675 g/mol. The number of aryl methyl sites for hydroxylation is 1. The van der Waals surface area contributed by atoms with E-state index >= 15 is 0 Å². The van der Waals surface area contributed by atoms with Crippen LogP contribution in [0, 0.1) is 29.0 Å². The van der Waals surface area contributed by atoms with Gasteiger partial charge in [-0.05, 0) is 61.9 Å². The fourth-order valence-electron chi connectivity index (χ4n) is 6.37. The normalized spacial score (nSPS) is 20.8. The van der Waals surface area contributed by atoms with Gasteiger partial charge in [0.05, 0.1) is 17.3 Å². The molecule has 0 spiro atoms. The van der Waals surface area contributed by atoms with Crippen molar-refractivity contribution in [2.75, 3.05) is 43.0 Å². The van der Waals surface area contributed by atoms with Crippen molar-refractivity contribution >= 4 is 58.1 Å². The summed E-state index contributed by atoms with van der Waals surface area (Å²) in [6.07, 6.45) is 9.19. The Balaban J connectivity index is 0.00000386. The maximum atomic E-state index is 13.6. The number of aliphatic imine (C=N–C) groups is 1. The highest BCUT2D eigenvalue weighted by molar-refractivity contribution is 7.16. The number of nitriles is 1. The van der Waals surface area contributed by atoms with E-state index in [0.717, 1.165) is 55.4 Å². The number of imidazole rings is 1. The van der Waals surface area contributed by atoms with Gasteiger partial charge in [0.15, 0.2) is 5.13 Å². The standard InChI is InChI=1S/C33H35FN10OS.ClH/c1-3-25-32(42(2)33-41-29(27(15-35)46-33)20-5-7-22(34)8-6-20)44-19-23(9-10-28(44)39-25)43-14-4-12-38-30(43)24-18-36-13-11-26(24)40-31(45)21-16-37-17-21;/h4-10,12,14,19,21,24,26,30,36-37H,3,11,13,16-18H2,1-2H3,(H,40,45);1H. The second kappa shape index (κ2) is 13.8. The molecule has 7 rings (SSSR count). The summed E-state index contributed by atoms with van der Waals surface area (Å²) in [6, 6.07) is 12.3. The van der Waals surface area contributed by atoms with Crippen LogP contribution in [-0.4, -0.2) is 71.9 Å². The largest absolute Gasteiger partial charge is 0.353 e. The van der Waals surface area contributed by atoms with Gasteiger partial charge in [0.1, 0.15) is 40.1 Å².